The smallest absolute Gasteiger partial charge is 0.270 e. The summed E-state index contributed by atoms with van der Waals surface area (Å²) in [5.74, 6) is 0.392. The molecule has 1 heterocycles. The van der Waals surface area contributed by atoms with Gasteiger partial charge in [0.05, 0.1) is 22.2 Å². The van der Waals surface area contributed by atoms with E-state index in [1.807, 2.05) is 36.4 Å². The Kier molecular flexibility index (Phi) is 5.53. The minimum atomic E-state index is -0.590. The lowest BCUT2D eigenvalue weighted by Crippen LogP contribution is -1.98. The normalized spacial score (nSPS) is 10.3. The number of nitro benzene ring substituents is 1. The first-order valence-electron chi connectivity index (χ1n) is 8.35. The summed E-state index contributed by atoms with van der Waals surface area (Å²) in [6.07, 6.45) is 1.46. The molecular weight excluding hydrogens is 370 g/mol. The van der Waals surface area contributed by atoms with Gasteiger partial charge in [0.2, 0.25) is 0 Å². The van der Waals surface area contributed by atoms with Crippen molar-refractivity contribution < 1.29 is 4.92 Å². The number of nitriles is 2. The van der Waals surface area contributed by atoms with Crippen molar-refractivity contribution in [3.63, 3.8) is 0 Å². The number of nitrogens with one attached hydrogen (secondary N) is 1. The number of pyridine rings is 1. The van der Waals surface area contributed by atoms with Crippen LogP contribution in [-0.2, 0) is 0 Å². The van der Waals surface area contributed by atoms with Gasteiger partial charge in [0, 0.05) is 17.8 Å². The summed E-state index contributed by atoms with van der Waals surface area (Å²) in [4.78, 5) is 14.5. The molecule has 0 atom stereocenters. The standard InChI is InChI=1S/C20H13N7O2/c1-13-17(11-22)20(24-15-5-3-2-4-6-15)23-12-19(13)26-25-18-8-7-16(27(28)29)9-14(18)10-21/h2-9,12H,1H3,(H,23,24). The van der Waals surface area contributed by atoms with Crippen molar-refractivity contribution in [2.75, 3.05) is 5.32 Å². The molecular formula is C20H13N7O2. The van der Waals surface area contributed by atoms with E-state index in [2.05, 4.69) is 26.6 Å². The molecule has 0 unspecified atom stereocenters. The fourth-order valence-corrected chi connectivity index (χ4v) is 2.51. The second kappa shape index (κ2) is 8.37. The van der Waals surface area contributed by atoms with Crippen molar-refractivity contribution in [3.05, 3.63) is 81.5 Å². The number of para-hydroxylation sites is 1. The summed E-state index contributed by atoms with van der Waals surface area (Å²) < 4.78 is 0. The van der Waals surface area contributed by atoms with Gasteiger partial charge in [-0.3, -0.25) is 10.1 Å². The molecule has 140 valence electrons. The molecule has 0 spiro atoms. The van der Waals surface area contributed by atoms with E-state index in [1.165, 1.54) is 18.3 Å². The van der Waals surface area contributed by atoms with E-state index in [0.29, 0.717) is 22.6 Å². The highest BCUT2D eigenvalue weighted by molar-refractivity contribution is 5.68. The third-order valence-corrected chi connectivity index (χ3v) is 4.04. The van der Waals surface area contributed by atoms with Gasteiger partial charge in [-0.1, -0.05) is 18.2 Å². The summed E-state index contributed by atoms with van der Waals surface area (Å²) in [7, 11) is 0. The van der Waals surface area contributed by atoms with Crippen molar-refractivity contribution in [1.82, 2.24) is 4.98 Å². The van der Waals surface area contributed by atoms with Gasteiger partial charge in [-0.25, -0.2) is 4.98 Å². The molecule has 0 amide bonds. The van der Waals surface area contributed by atoms with Crippen LogP contribution in [0.15, 0.2) is 65.0 Å². The van der Waals surface area contributed by atoms with E-state index in [0.717, 1.165) is 11.8 Å². The maximum atomic E-state index is 10.8. The summed E-state index contributed by atoms with van der Waals surface area (Å²) >= 11 is 0. The second-order valence-corrected chi connectivity index (χ2v) is 5.87. The molecule has 9 nitrogen and oxygen atoms in total. The molecule has 9 heteroatoms. The summed E-state index contributed by atoms with van der Waals surface area (Å²) in [5, 5.41) is 40.7. The SMILES string of the molecule is Cc1c(N=Nc2ccc([N+](=O)[O-])cc2C#N)cnc(Nc2ccccc2)c1C#N. The summed E-state index contributed by atoms with van der Waals surface area (Å²) in [5.41, 5.74) is 2.01. The fraction of sp³-hybridized carbons (Fsp3) is 0.0500. The van der Waals surface area contributed by atoms with Gasteiger partial charge in [-0.15, -0.1) is 10.2 Å². The number of non-ortho nitro benzene ring substituents is 1. The number of benzene rings is 2. The molecule has 0 aliphatic heterocycles. The van der Waals surface area contributed by atoms with Crippen LogP contribution in [0.5, 0.6) is 0 Å². The Bertz CT molecular complexity index is 1190. The second-order valence-electron chi connectivity index (χ2n) is 5.87. The van der Waals surface area contributed by atoms with E-state index in [4.69, 9.17) is 0 Å². The third kappa shape index (κ3) is 4.21. The van der Waals surface area contributed by atoms with E-state index in [1.54, 1.807) is 6.92 Å². The molecule has 0 aliphatic carbocycles. The molecule has 1 N–H and O–H groups in total. The lowest BCUT2D eigenvalue weighted by Gasteiger charge is -2.10. The van der Waals surface area contributed by atoms with Crippen molar-refractivity contribution in [1.29, 1.82) is 10.5 Å². The molecule has 3 aromatic rings. The Balaban J connectivity index is 1.94. The van der Waals surface area contributed by atoms with Gasteiger partial charge in [0.1, 0.15) is 29.3 Å². The van der Waals surface area contributed by atoms with E-state index in [9.17, 15) is 20.6 Å². The molecule has 29 heavy (non-hydrogen) atoms. The van der Waals surface area contributed by atoms with Crippen LogP contribution in [0.3, 0.4) is 0 Å². The number of hydrogen-bond donors (Lipinski definition) is 1. The molecule has 0 fully saturated rings. The van der Waals surface area contributed by atoms with Crippen LogP contribution in [0.4, 0.5) is 28.6 Å². The van der Waals surface area contributed by atoms with Crippen LogP contribution in [0.25, 0.3) is 0 Å². The van der Waals surface area contributed by atoms with E-state index >= 15 is 0 Å². The zero-order valence-electron chi connectivity index (χ0n) is 15.2. The van der Waals surface area contributed by atoms with Gasteiger partial charge < -0.3 is 5.32 Å². The van der Waals surface area contributed by atoms with Crippen molar-refractivity contribution >= 4 is 28.6 Å². The fourth-order valence-electron chi connectivity index (χ4n) is 2.51. The van der Waals surface area contributed by atoms with Crippen LogP contribution >= 0.6 is 0 Å². The lowest BCUT2D eigenvalue weighted by molar-refractivity contribution is -0.384. The van der Waals surface area contributed by atoms with Gasteiger partial charge in [0.15, 0.2) is 0 Å². The average molecular weight is 383 g/mol. The van der Waals surface area contributed by atoms with Gasteiger partial charge in [-0.05, 0) is 30.7 Å². The topological polar surface area (TPSA) is 140 Å². The number of nitrogens with zero attached hydrogens (tertiary/aromatic N) is 6. The minimum absolute atomic E-state index is 0.0245. The largest absolute Gasteiger partial charge is 0.339 e. The maximum absolute atomic E-state index is 10.8. The number of rotatable bonds is 5. The Labute approximate surface area is 165 Å². The molecule has 0 bridgehead atoms. The first kappa shape index (κ1) is 19.1. The van der Waals surface area contributed by atoms with Gasteiger partial charge in [-0.2, -0.15) is 10.5 Å². The summed E-state index contributed by atoms with van der Waals surface area (Å²) in [6.45, 7) is 1.71. The van der Waals surface area contributed by atoms with Crippen LogP contribution in [-0.4, -0.2) is 9.91 Å². The summed E-state index contributed by atoms with van der Waals surface area (Å²) in [6, 6.07) is 17.0. The van der Waals surface area contributed by atoms with Crippen LogP contribution < -0.4 is 5.32 Å². The highest BCUT2D eigenvalue weighted by Gasteiger charge is 2.13. The Morgan fingerprint density at radius 2 is 1.79 bits per heavy atom. The van der Waals surface area contributed by atoms with Gasteiger partial charge in [0.25, 0.3) is 5.69 Å². The van der Waals surface area contributed by atoms with Crippen molar-refractivity contribution in [3.8, 4) is 12.1 Å². The zero-order valence-corrected chi connectivity index (χ0v) is 15.2. The Morgan fingerprint density at radius 1 is 1.07 bits per heavy atom. The molecule has 0 radical (unpaired) electrons. The monoisotopic (exact) mass is 383 g/mol. The number of aromatic nitrogens is 1. The minimum Gasteiger partial charge on any atom is -0.339 e. The quantitative estimate of drug-likeness (QED) is 0.364. The highest BCUT2D eigenvalue weighted by Crippen LogP contribution is 2.30. The Morgan fingerprint density at radius 3 is 2.45 bits per heavy atom. The first-order valence-corrected chi connectivity index (χ1v) is 8.35. The van der Waals surface area contributed by atoms with Crippen LogP contribution in [0, 0.1) is 39.7 Å². The predicted octanol–water partition coefficient (Wildman–Crippen LogP) is 5.20. The molecule has 0 aliphatic rings. The highest BCUT2D eigenvalue weighted by atomic mass is 16.6. The van der Waals surface area contributed by atoms with Crippen LogP contribution in [0.1, 0.15) is 16.7 Å². The zero-order chi connectivity index (χ0) is 20.8. The van der Waals surface area contributed by atoms with Crippen molar-refractivity contribution in [2.24, 2.45) is 10.2 Å². The molecule has 3 rings (SSSR count). The van der Waals surface area contributed by atoms with E-state index < -0.39 is 4.92 Å². The number of hydrogen-bond acceptors (Lipinski definition) is 8. The first-order chi connectivity index (χ1) is 14.0. The molecule has 0 saturated heterocycles. The Hall–Kier alpha value is -4.63. The third-order valence-electron chi connectivity index (χ3n) is 4.04. The molecule has 0 saturated carbocycles. The number of anilines is 2. The predicted molar refractivity (Wildman–Crippen MR) is 105 cm³/mol. The molecule has 1 aromatic heterocycles. The van der Waals surface area contributed by atoms with Crippen LogP contribution in [0.2, 0.25) is 0 Å². The number of nitro groups is 1. The number of azo groups is 1. The average Bonchev–Trinajstić information content (AvgIpc) is 2.74. The maximum Gasteiger partial charge on any atom is 0.270 e. The van der Waals surface area contributed by atoms with Gasteiger partial charge >= 0.3 is 0 Å². The lowest BCUT2D eigenvalue weighted by atomic mass is 10.1. The van der Waals surface area contributed by atoms with Crippen molar-refractivity contribution in [2.45, 2.75) is 6.92 Å². The van der Waals surface area contributed by atoms with E-state index in [-0.39, 0.29) is 16.9 Å². The molecule has 2 aromatic carbocycles.